The molecule has 35 heavy (non-hydrogen) atoms. The number of pyridine rings is 2. The van der Waals surface area contributed by atoms with Crippen molar-refractivity contribution in [2.75, 3.05) is 5.32 Å². The third kappa shape index (κ3) is 3.84. The second-order valence-electron chi connectivity index (χ2n) is 8.06. The predicted molar refractivity (Wildman–Crippen MR) is 135 cm³/mol. The summed E-state index contributed by atoms with van der Waals surface area (Å²) in [5, 5.41) is 6.06. The second kappa shape index (κ2) is 8.30. The van der Waals surface area contributed by atoms with E-state index < -0.39 is 0 Å². The molecule has 0 aliphatic rings. The van der Waals surface area contributed by atoms with Crippen molar-refractivity contribution in [1.29, 1.82) is 0 Å². The maximum Gasteiger partial charge on any atom is 0.228 e. The Hall–Kier alpha value is -4.08. The lowest BCUT2D eigenvalue weighted by Crippen LogP contribution is -2.09. The molecule has 3 N–H and O–H groups in total. The number of nitrogens with zero attached hydrogens (tertiary/aromatic N) is 5. The zero-order valence-electron chi connectivity index (χ0n) is 18.2. The number of halogens is 2. The van der Waals surface area contributed by atoms with Gasteiger partial charge in [-0.25, -0.2) is 19.9 Å². The van der Waals surface area contributed by atoms with Gasteiger partial charge in [-0.15, -0.1) is 0 Å². The van der Waals surface area contributed by atoms with Gasteiger partial charge in [0, 0.05) is 34.9 Å². The molecule has 6 aromatic rings. The van der Waals surface area contributed by atoms with E-state index >= 15 is 0 Å². The molecule has 0 aliphatic heterocycles. The highest BCUT2D eigenvalue weighted by atomic mass is 35.5. The summed E-state index contributed by atoms with van der Waals surface area (Å²) in [6.45, 7) is 1.98. The molecule has 0 spiro atoms. The zero-order valence-corrected chi connectivity index (χ0v) is 19.7. The topological polar surface area (TPSA) is 125 Å². The number of rotatable bonds is 5. The molecule has 1 unspecified atom stereocenters. The van der Waals surface area contributed by atoms with Crippen molar-refractivity contribution >= 4 is 67.9 Å². The molecule has 0 bridgehead atoms. The average Bonchev–Trinajstić information content (AvgIpc) is 3.47. The lowest BCUT2D eigenvalue weighted by atomic mass is 10.1. The Morgan fingerprint density at radius 2 is 1.94 bits per heavy atom. The Labute approximate surface area is 208 Å². The van der Waals surface area contributed by atoms with Crippen LogP contribution in [0.3, 0.4) is 0 Å². The number of benzene rings is 1. The van der Waals surface area contributed by atoms with Gasteiger partial charge < -0.3 is 15.3 Å². The summed E-state index contributed by atoms with van der Waals surface area (Å²) >= 11 is 12.3. The molecule has 172 valence electrons. The van der Waals surface area contributed by atoms with Gasteiger partial charge >= 0.3 is 0 Å². The number of carbonyl (C=O) groups is 1. The van der Waals surface area contributed by atoms with Crippen molar-refractivity contribution in [3.8, 4) is 0 Å². The largest absolute Gasteiger partial charge is 0.362 e. The van der Waals surface area contributed by atoms with Gasteiger partial charge in [-0.3, -0.25) is 9.78 Å². The van der Waals surface area contributed by atoms with Crippen LogP contribution in [0.15, 0.2) is 55.2 Å². The highest BCUT2D eigenvalue weighted by Gasteiger charge is 2.19. The Kier molecular flexibility index (Phi) is 5.09. The van der Waals surface area contributed by atoms with E-state index in [1.807, 2.05) is 13.0 Å². The molecule has 0 fully saturated rings. The van der Waals surface area contributed by atoms with Crippen LogP contribution < -0.4 is 5.32 Å². The minimum atomic E-state index is -0.277. The maximum atomic E-state index is 13.2. The minimum absolute atomic E-state index is 0.156. The van der Waals surface area contributed by atoms with E-state index in [0.29, 0.717) is 32.6 Å². The number of nitrogens with one attached hydrogen (secondary N) is 3. The first-order chi connectivity index (χ1) is 17.0. The van der Waals surface area contributed by atoms with Gasteiger partial charge in [0.05, 0.1) is 21.6 Å². The number of anilines is 1. The SMILES string of the molecule is CC(Nc1ncnc2nc(C(=O)c3ccc4ncc(Cl)cc4c3)[nH]c12)c1cnc2[nH]cc(Cl)c2c1. The van der Waals surface area contributed by atoms with Crippen molar-refractivity contribution < 1.29 is 4.79 Å². The van der Waals surface area contributed by atoms with Crippen molar-refractivity contribution in [2.24, 2.45) is 0 Å². The standard InChI is InChI=1S/C24H16Cl2N8O/c1-11(14-6-16-17(26)9-29-21(16)28-7-14)32-22-19-23(31-10-30-22)34-24(33-19)20(35)12-2-3-18-13(4-12)5-15(25)8-27-18/h2-11H,1H3,(H,28,29)(H2,30,31,32,33,34). The second-order valence-corrected chi connectivity index (χ2v) is 8.91. The van der Waals surface area contributed by atoms with Crippen molar-refractivity contribution in [3.05, 3.63) is 82.2 Å². The van der Waals surface area contributed by atoms with Gasteiger partial charge in [-0.2, -0.15) is 0 Å². The van der Waals surface area contributed by atoms with E-state index in [9.17, 15) is 4.79 Å². The van der Waals surface area contributed by atoms with E-state index in [0.717, 1.165) is 27.5 Å². The molecular formula is C24H16Cl2N8O. The fourth-order valence-corrected chi connectivity index (χ4v) is 4.31. The van der Waals surface area contributed by atoms with Gasteiger partial charge in [0.1, 0.15) is 17.5 Å². The molecule has 0 saturated heterocycles. The molecule has 0 radical (unpaired) electrons. The molecule has 0 amide bonds. The van der Waals surface area contributed by atoms with Gasteiger partial charge in [0.15, 0.2) is 17.3 Å². The third-order valence-electron chi connectivity index (χ3n) is 5.77. The molecule has 5 aromatic heterocycles. The number of H-pyrrole nitrogens is 2. The van der Waals surface area contributed by atoms with E-state index in [1.54, 1.807) is 42.9 Å². The lowest BCUT2D eigenvalue weighted by Gasteiger charge is -2.15. The summed E-state index contributed by atoms with van der Waals surface area (Å²) in [6.07, 6.45) is 6.45. The number of carbonyl (C=O) groups excluding carboxylic acids is 1. The average molecular weight is 503 g/mol. The maximum absolute atomic E-state index is 13.2. The highest BCUT2D eigenvalue weighted by Crippen LogP contribution is 2.28. The quantitative estimate of drug-likeness (QED) is 0.266. The van der Waals surface area contributed by atoms with Gasteiger partial charge in [0.25, 0.3) is 0 Å². The lowest BCUT2D eigenvalue weighted by molar-refractivity contribution is 0.103. The number of hydrogen-bond donors (Lipinski definition) is 3. The first-order valence-electron chi connectivity index (χ1n) is 10.7. The summed E-state index contributed by atoms with van der Waals surface area (Å²) in [4.78, 5) is 41.0. The van der Waals surface area contributed by atoms with Crippen molar-refractivity contribution in [1.82, 2.24) is 34.9 Å². The van der Waals surface area contributed by atoms with Crippen molar-refractivity contribution in [2.45, 2.75) is 13.0 Å². The van der Waals surface area contributed by atoms with Crippen LogP contribution in [-0.4, -0.2) is 40.7 Å². The number of hydrogen-bond acceptors (Lipinski definition) is 7. The fraction of sp³-hybridized carbons (Fsp3) is 0.0833. The molecule has 1 atom stereocenters. The Balaban J connectivity index is 1.32. The van der Waals surface area contributed by atoms with Crippen LogP contribution in [0, 0.1) is 0 Å². The monoisotopic (exact) mass is 502 g/mol. The van der Waals surface area contributed by atoms with Gasteiger partial charge in [-0.1, -0.05) is 23.2 Å². The van der Waals surface area contributed by atoms with Gasteiger partial charge in [-0.05, 0) is 42.8 Å². The van der Waals surface area contributed by atoms with Crippen LogP contribution in [0.4, 0.5) is 5.82 Å². The van der Waals surface area contributed by atoms with Crippen LogP contribution in [0.2, 0.25) is 10.0 Å². The minimum Gasteiger partial charge on any atom is -0.362 e. The Morgan fingerprint density at radius 1 is 1.06 bits per heavy atom. The third-order valence-corrected chi connectivity index (χ3v) is 6.29. The predicted octanol–water partition coefficient (Wildman–Crippen LogP) is 5.49. The molecular weight excluding hydrogens is 487 g/mol. The summed E-state index contributed by atoms with van der Waals surface area (Å²) in [5.41, 5.74) is 3.76. The zero-order chi connectivity index (χ0) is 24.1. The molecule has 0 saturated carbocycles. The van der Waals surface area contributed by atoms with Crippen molar-refractivity contribution in [3.63, 3.8) is 0 Å². The van der Waals surface area contributed by atoms with Crippen LogP contribution >= 0.6 is 23.2 Å². The summed E-state index contributed by atoms with van der Waals surface area (Å²) in [5.74, 6) is 0.400. The molecule has 1 aromatic carbocycles. The number of imidazole rings is 1. The number of aromatic amines is 2. The number of aromatic nitrogens is 7. The van der Waals surface area contributed by atoms with Crippen LogP contribution in [0.25, 0.3) is 33.1 Å². The van der Waals surface area contributed by atoms with Crippen LogP contribution in [0.5, 0.6) is 0 Å². The highest BCUT2D eigenvalue weighted by molar-refractivity contribution is 6.35. The smallest absolute Gasteiger partial charge is 0.228 e. The van der Waals surface area contributed by atoms with Gasteiger partial charge in [0.2, 0.25) is 5.78 Å². The molecule has 5 heterocycles. The van der Waals surface area contributed by atoms with E-state index in [1.165, 1.54) is 6.33 Å². The first kappa shape index (κ1) is 21.5. The summed E-state index contributed by atoms with van der Waals surface area (Å²) < 4.78 is 0. The molecule has 11 heteroatoms. The first-order valence-corrected chi connectivity index (χ1v) is 11.4. The normalized spacial score (nSPS) is 12.4. The van der Waals surface area contributed by atoms with Crippen LogP contribution in [-0.2, 0) is 0 Å². The van der Waals surface area contributed by atoms with E-state index in [4.69, 9.17) is 23.2 Å². The fourth-order valence-electron chi connectivity index (χ4n) is 3.94. The Bertz CT molecular complexity index is 1760. The molecule has 0 aliphatic carbocycles. The summed E-state index contributed by atoms with van der Waals surface area (Å²) in [7, 11) is 0. The molecule has 9 nitrogen and oxygen atoms in total. The number of fused-ring (bicyclic) bond motifs is 3. The van der Waals surface area contributed by atoms with E-state index in [2.05, 4.69) is 40.2 Å². The number of ketones is 1. The Morgan fingerprint density at radius 3 is 2.83 bits per heavy atom. The molecule has 6 rings (SSSR count). The van der Waals surface area contributed by atoms with Crippen LogP contribution in [0.1, 0.15) is 34.7 Å². The van der Waals surface area contributed by atoms with E-state index in [-0.39, 0.29) is 17.6 Å². The summed E-state index contributed by atoms with van der Waals surface area (Å²) in [6, 6.07) is 8.81.